The van der Waals surface area contributed by atoms with Crippen molar-refractivity contribution in [1.29, 1.82) is 0 Å². The average molecular weight is 285 g/mol. The highest BCUT2D eigenvalue weighted by atomic mass is 19.4. The molecule has 0 radical (unpaired) electrons. The van der Waals surface area contributed by atoms with E-state index in [-0.39, 0.29) is 12.0 Å². The summed E-state index contributed by atoms with van der Waals surface area (Å²) < 4.78 is 39.4. The van der Waals surface area contributed by atoms with E-state index in [1.54, 1.807) is 24.3 Å². The van der Waals surface area contributed by atoms with E-state index in [4.69, 9.17) is 0 Å². The standard InChI is InChI=1S/C16H22F3N/c1-2-13-7-6-10-20(11-13)12-14-8-4-3-5-9-15(14)16(17,18)19/h3-5,8,13H,2,6-7,9-12H2,1H3. The highest BCUT2D eigenvalue weighted by Gasteiger charge is 2.35. The predicted molar refractivity (Wildman–Crippen MR) is 75.4 cm³/mol. The van der Waals surface area contributed by atoms with Crippen LogP contribution >= 0.6 is 0 Å². The molecule has 0 aromatic heterocycles. The van der Waals surface area contributed by atoms with E-state index in [1.165, 1.54) is 6.42 Å². The van der Waals surface area contributed by atoms with Gasteiger partial charge in [-0.25, -0.2) is 0 Å². The number of nitrogens with zero attached hydrogens (tertiary/aromatic N) is 1. The zero-order valence-electron chi connectivity index (χ0n) is 11.9. The van der Waals surface area contributed by atoms with Gasteiger partial charge in [0, 0.05) is 18.7 Å². The fourth-order valence-corrected chi connectivity index (χ4v) is 2.98. The molecule has 0 aromatic carbocycles. The van der Waals surface area contributed by atoms with Crippen LogP contribution in [0.1, 0.15) is 32.6 Å². The van der Waals surface area contributed by atoms with E-state index < -0.39 is 6.18 Å². The van der Waals surface area contributed by atoms with Gasteiger partial charge in [-0.2, -0.15) is 13.2 Å². The third kappa shape index (κ3) is 3.98. The zero-order chi connectivity index (χ0) is 14.6. The van der Waals surface area contributed by atoms with E-state index in [0.717, 1.165) is 25.9 Å². The Morgan fingerprint density at radius 3 is 2.80 bits per heavy atom. The Morgan fingerprint density at radius 2 is 2.10 bits per heavy atom. The smallest absolute Gasteiger partial charge is 0.299 e. The Morgan fingerprint density at radius 1 is 1.30 bits per heavy atom. The van der Waals surface area contributed by atoms with Gasteiger partial charge in [0.2, 0.25) is 0 Å². The Kier molecular flexibility index (Phi) is 5.08. The first-order chi connectivity index (χ1) is 9.50. The summed E-state index contributed by atoms with van der Waals surface area (Å²) in [5.74, 6) is 0.631. The molecular formula is C16H22F3N. The van der Waals surface area contributed by atoms with Gasteiger partial charge >= 0.3 is 6.18 Å². The van der Waals surface area contributed by atoms with Crippen LogP contribution in [0.15, 0.2) is 35.5 Å². The molecule has 1 fully saturated rings. The zero-order valence-corrected chi connectivity index (χ0v) is 11.9. The van der Waals surface area contributed by atoms with Gasteiger partial charge in [0.1, 0.15) is 0 Å². The van der Waals surface area contributed by atoms with Crippen LogP contribution in [0.2, 0.25) is 0 Å². The van der Waals surface area contributed by atoms with Crippen molar-refractivity contribution in [3.63, 3.8) is 0 Å². The minimum atomic E-state index is -4.23. The lowest BCUT2D eigenvalue weighted by atomic mass is 9.94. The summed E-state index contributed by atoms with van der Waals surface area (Å²) in [6, 6.07) is 0. The maximum absolute atomic E-state index is 13.1. The van der Waals surface area contributed by atoms with Gasteiger partial charge in [-0.05, 0) is 37.3 Å². The summed E-state index contributed by atoms with van der Waals surface area (Å²) in [5.41, 5.74) is 0.0420. The normalized spacial score (nSPS) is 25.1. The molecule has 1 aliphatic heterocycles. The average Bonchev–Trinajstić information content (AvgIpc) is 2.64. The summed E-state index contributed by atoms with van der Waals surface area (Å²) in [5, 5.41) is 0. The number of hydrogen-bond acceptors (Lipinski definition) is 1. The van der Waals surface area contributed by atoms with Crippen molar-refractivity contribution in [2.75, 3.05) is 19.6 Å². The Bertz CT molecular complexity index is 418. The van der Waals surface area contributed by atoms with Crippen LogP contribution in [0.5, 0.6) is 0 Å². The van der Waals surface area contributed by atoms with Gasteiger partial charge < -0.3 is 0 Å². The van der Waals surface area contributed by atoms with E-state index in [2.05, 4.69) is 11.8 Å². The number of alkyl halides is 3. The summed E-state index contributed by atoms with van der Waals surface area (Å²) in [7, 11) is 0. The van der Waals surface area contributed by atoms with E-state index in [0.29, 0.717) is 18.0 Å². The maximum Gasteiger partial charge on any atom is 0.413 e. The van der Waals surface area contributed by atoms with Gasteiger partial charge in [0.05, 0.1) is 0 Å². The van der Waals surface area contributed by atoms with Crippen molar-refractivity contribution < 1.29 is 13.2 Å². The number of hydrogen-bond donors (Lipinski definition) is 0. The number of likely N-dealkylation sites (tertiary alicyclic amines) is 1. The van der Waals surface area contributed by atoms with Crippen LogP contribution in [-0.4, -0.2) is 30.7 Å². The molecule has 1 saturated heterocycles. The quantitative estimate of drug-likeness (QED) is 0.739. The SMILES string of the molecule is CCC1CCCN(CC2=C(C(F)(F)F)CC=CC=C2)C1. The number of allylic oxidation sites excluding steroid dienone is 4. The van der Waals surface area contributed by atoms with Crippen molar-refractivity contribution in [1.82, 2.24) is 4.90 Å². The number of piperidine rings is 1. The lowest BCUT2D eigenvalue weighted by Gasteiger charge is -2.33. The molecule has 0 N–H and O–H groups in total. The molecule has 1 heterocycles. The van der Waals surface area contributed by atoms with E-state index >= 15 is 0 Å². The lowest BCUT2D eigenvalue weighted by Crippen LogP contribution is -2.37. The first-order valence-electron chi connectivity index (χ1n) is 7.35. The highest BCUT2D eigenvalue weighted by Crippen LogP contribution is 2.33. The van der Waals surface area contributed by atoms with Gasteiger partial charge in [-0.3, -0.25) is 4.90 Å². The molecule has 1 atom stereocenters. The van der Waals surface area contributed by atoms with Crippen LogP contribution in [0.4, 0.5) is 13.2 Å². The number of halogens is 3. The maximum atomic E-state index is 13.1. The number of rotatable bonds is 3. The van der Waals surface area contributed by atoms with Crippen LogP contribution in [-0.2, 0) is 0 Å². The van der Waals surface area contributed by atoms with Crippen LogP contribution < -0.4 is 0 Å². The fourth-order valence-electron chi connectivity index (χ4n) is 2.98. The second-order valence-electron chi connectivity index (χ2n) is 5.64. The highest BCUT2D eigenvalue weighted by molar-refractivity contribution is 5.36. The minimum absolute atomic E-state index is 0.0170. The summed E-state index contributed by atoms with van der Waals surface area (Å²) in [4.78, 5) is 2.18. The molecule has 0 bridgehead atoms. The minimum Gasteiger partial charge on any atom is -0.299 e. The molecule has 0 saturated carbocycles. The Balaban J connectivity index is 2.13. The molecule has 112 valence electrons. The van der Waals surface area contributed by atoms with Crippen LogP contribution in [0, 0.1) is 5.92 Å². The predicted octanol–water partition coefficient (Wildman–Crippen LogP) is 4.48. The molecule has 2 rings (SSSR count). The first kappa shape index (κ1) is 15.4. The summed E-state index contributed by atoms with van der Waals surface area (Å²) in [6.07, 6.45) is 5.79. The van der Waals surface area contributed by atoms with Crippen molar-refractivity contribution in [3.05, 3.63) is 35.5 Å². The van der Waals surface area contributed by atoms with Crippen molar-refractivity contribution in [2.24, 2.45) is 5.92 Å². The molecule has 0 spiro atoms. The monoisotopic (exact) mass is 285 g/mol. The topological polar surface area (TPSA) is 3.24 Å². The van der Waals surface area contributed by atoms with Gasteiger partial charge in [-0.1, -0.05) is 37.6 Å². The lowest BCUT2D eigenvalue weighted by molar-refractivity contribution is -0.0938. The second-order valence-corrected chi connectivity index (χ2v) is 5.64. The molecular weight excluding hydrogens is 263 g/mol. The molecule has 4 heteroatoms. The molecule has 0 aromatic rings. The van der Waals surface area contributed by atoms with Gasteiger partial charge in [-0.15, -0.1) is 0 Å². The summed E-state index contributed by atoms with van der Waals surface area (Å²) >= 11 is 0. The first-order valence-corrected chi connectivity index (χ1v) is 7.35. The Labute approximate surface area is 118 Å². The third-order valence-electron chi connectivity index (χ3n) is 4.17. The van der Waals surface area contributed by atoms with Crippen LogP contribution in [0.3, 0.4) is 0 Å². The molecule has 2 aliphatic rings. The molecule has 1 unspecified atom stereocenters. The van der Waals surface area contributed by atoms with Crippen molar-refractivity contribution in [2.45, 2.75) is 38.8 Å². The van der Waals surface area contributed by atoms with Crippen molar-refractivity contribution in [3.8, 4) is 0 Å². The Hall–Kier alpha value is -1.03. The molecule has 0 amide bonds. The second kappa shape index (κ2) is 6.61. The van der Waals surface area contributed by atoms with E-state index in [9.17, 15) is 13.2 Å². The molecule has 20 heavy (non-hydrogen) atoms. The molecule has 1 aliphatic carbocycles. The van der Waals surface area contributed by atoms with Gasteiger partial charge in [0.25, 0.3) is 0 Å². The fraction of sp³-hybridized carbons (Fsp3) is 0.625. The van der Waals surface area contributed by atoms with Gasteiger partial charge in [0.15, 0.2) is 0 Å². The summed E-state index contributed by atoms with van der Waals surface area (Å²) in [6.45, 7) is 4.41. The largest absolute Gasteiger partial charge is 0.413 e. The van der Waals surface area contributed by atoms with Crippen molar-refractivity contribution >= 4 is 0 Å². The van der Waals surface area contributed by atoms with E-state index in [1.807, 2.05) is 0 Å². The third-order valence-corrected chi connectivity index (χ3v) is 4.17. The molecule has 1 nitrogen and oxygen atoms in total. The van der Waals surface area contributed by atoms with Crippen LogP contribution in [0.25, 0.3) is 0 Å².